The molecular formula is C22H19Cl2NO3. The van der Waals surface area contributed by atoms with Crippen LogP contribution in [0, 0.1) is 28.1 Å². The maximum atomic E-state index is 12.3. The van der Waals surface area contributed by atoms with Crippen molar-refractivity contribution in [3.05, 3.63) is 70.7 Å². The van der Waals surface area contributed by atoms with Crippen LogP contribution in [0.25, 0.3) is 0 Å². The third-order valence-corrected chi connectivity index (χ3v) is 5.90. The molecule has 2 aromatic carbocycles. The minimum absolute atomic E-state index is 0.000878. The molecule has 0 amide bonds. The summed E-state index contributed by atoms with van der Waals surface area (Å²) in [5, 5.41) is 20.0. The number of ether oxygens (including phenoxy) is 1. The van der Waals surface area contributed by atoms with Crippen molar-refractivity contribution < 1.29 is 14.6 Å². The summed E-state index contributed by atoms with van der Waals surface area (Å²) in [6.45, 7) is 3.63. The summed E-state index contributed by atoms with van der Waals surface area (Å²) in [7, 11) is 0. The topological polar surface area (TPSA) is 70.3 Å². The van der Waals surface area contributed by atoms with Gasteiger partial charge in [0.05, 0.1) is 12.0 Å². The standard InChI is InChI=1S/C22H19Cl2NO3/c1-21(2)18(12-19(23)24)22(21,20(26)27)17(13-25)14-7-6-10-16(11-14)28-15-8-4-3-5-9-15/h3-12,17-18H,1-2H3,(H,26,27)/t17-,18+,22+/m1/s1. The summed E-state index contributed by atoms with van der Waals surface area (Å²) in [6, 6.07) is 18.4. The zero-order valence-corrected chi connectivity index (χ0v) is 16.9. The molecular weight excluding hydrogens is 397 g/mol. The quantitative estimate of drug-likeness (QED) is 0.615. The van der Waals surface area contributed by atoms with Crippen molar-refractivity contribution in [1.29, 1.82) is 5.26 Å². The number of rotatable bonds is 6. The van der Waals surface area contributed by atoms with Gasteiger partial charge in [0.25, 0.3) is 0 Å². The lowest BCUT2D eigenvalue weighted by atomic mass is 9.78. The van der Waals surface area contributed by atoms with E-state index in [0.29, 0.717) is 17.1 Å². The Labute approximate surface area is 174 Å². The van der Waals surface area contributed by atoms with Crippen LogP contribution in [0.1, 0.15) is 25.3 Å². The normalized spacial score (nSPS) is 23.2. The minimum Gasteiger partial charge on any atom is -0.481 e. The predicted molar refractivity (Wildman–Crippen MR) is 108 cm³/mol. The average Bonchev–Trinajstić information content (AvgIpc) is 3.12. The number of aliphatic carboxylic acids is 1. The summed E-state index contributed by atoms with van der Waals surface area (Å²) in [4.78, 5) is 12.3. The maximum Gasteiger partial charge on any atom is 0.312 e. The van der Waals surface area contributed by atoms with Crippen molar-refractivity contribution in [2.75, 3.05) is 0 Å². The van der Waals surface area contributed by atoms with Gasteiger partial charge < -0.3 is 9.84 Å². The molecule has 3 atom stereocenters. The van der Waals surface area contributed by atoms with Crippen molar-refractivity contribution in [1.82, 2.24) is 0 Å². The van der Waals surface area contributed by atoms with Crippen LogP contribution in [0.15, 0.2) is 65.2 Å². The molecule has 0 radical (unpaired) electrons. The number of nitrogens with zero attached hydrogens (tertiary/aromatic N) is 1. The molecule has 3 rings (SSSR count). The molecule has 6 heteroatoms. The van der Waals surface area contributed by atoms with Crippen LogP contribution in [0.5, 0.6) is 11.5 Å². The van der Waals surface area contributed by atoms with Gasteiger partial charge in [0, 0.05) is 5.92 Å². The van der Waals surface area contributed by atoms with Crippen LogP contribution in [-0.2, 0) is 4.79 Å². The molecule has 2 aromatic rings. The zero-order valence-electron chi connectivity index (χ0n) is 15.4. The van der Waals surface area contributed by atoms with E-state index in [4.69, 9.17) is 27.9 Å². The Kier molecular flexibility index (Phi) is 5.43. The number of para-hydroxylation sites is 1. The van der Waals surface area contributed by atoms with Crippen LogP contribution in [0.3, 0.4) is 0 Å². The first-order valence-corrected chi connectivity index (χ1v) is 9.49. The van der Waals surface area contributed by atoms with Crippen LogP contribution in [0.4, 0.5) is 0 Å². The SMILES string of the molecule is CC1(C)[C@H](C=C(Cl)Cl)[C@]1(C(=O)O)[C@H](C#N)c1cccc(Oc2ccccc2)c1. The molecule has 0 heterocycles. The largest absolute Gasteiger partial charge is 0.481 e. The van der Waals surface area contributed by atoms with E-state index in [0.717, 1.165) is 0 Å². The lowest BCUT2D eigenvalue weighted by molar-refractivity contribution is -0.145. The zero-order chi connectivity index (χ0) is 20.5. The van der Waals surface area contributed by atoms with E-state index >= 15 is 0 Å². The monoisotopic (exact) mass is 415 g/mol. The summed E-state index contributed by atoms with van der Waals surface area (Å²) < 4.78 is 5.84. The lowest BCUT2D eigenvalue weighted by Crippen LogP contribution is -2.28. The Hall–Kier alpha value is -2.48. The number of nitriles is 1. The number of benzene rings is 2. The highest BCUT2D eigenvalue weighted by molar-refractivity contribution is 6.55. The number of carboxylic acid groups (broad SMARTS) is 1. The van der Waals surface area contributed by atoms with Gasteiger partial charge >= 0.3 is 5.97 Å². The van der Waals surface area contributed by atoms with Crippen LogP contribution in [-0.4, -0.2) is 11.1 Å². The molecule has 28 heavy (non-hydrogen) atoms. The highest BCUT2D eigenvalue weighted by Crippen LogP contribution is 2.75. The van der Waals surface area contributed by atoms with Gasteiger partial charge in [-0.2, -0.15) is 5.26 Å². The van der Waals surface area contributed by atoms with Gasteiger partial charge in [-0.05, 0) is 41.3 Å². The van der Waals surface area contributed by atoms with Crippen molar-refractivity contribution in [2.45, 2.75) is 19.8 Å². The highest BCUT2D eigenvalue weighted by Gasteiger charge is 2.78. The molecule has 0 unspecified atom stereocenters. The number of carbonyl (C=O) groups is 1. The molecule has 1 fully saturated rings. The van der Waals surface area contributed by atoms with Crippen molar-refractivity contribution in [3.8, 4) is 17.6 Å². The molecule has 0 bridgehead atoms. The molecule has 4 nitrogen and oxygen atoms in total. The van der Waals surface area contributed by atoms with Gasteiger partial charge in [0.15, 0.2) is 0 Å². The second-order valence-corrected chi connectivity index (χ2v) is 8.39. The van der Waals surface area contributed by atoms with Crippen molar-refractivity contribution in [3.63, 3.8) is 0 Å². The van der Waals surface area contributed by atoms with E-state index in [2.05, 4.69) is 6.07 Å². The Morgan fingerprint density at radius 2 is 1.82 bits per heavy atom. The first kappa shape index (κ1) is 20.3. The second-order valence-electron chi connectivity index (χ2n) is 7.38. The summed E-state index contributed by atoms with van der Waals surface area (Å²) in [5.41, 5.74) is -1.44. The molecule has 1 aliphatic rings. The number of carboxylic acids is 1. The van der Waals surface area contributed by atoms with Crippen molar-refractivity contribution >= 4 is 29.2 Å². The maximum absolute atomic E-state index is 12.3. The Morgan fingerprint density at radius 1 is 1.18 bits per heavy atom. The number of hydrogen-bond acceptors (Lipinski definition) is 3. The van der Waals surface area contributed by atoms with Gasteiger partial charge in [-0.15, -0.1) is 0 Å². The third-order valence-electron chi connectivity index (χ3n) is 5.65. The fourth-order valence-corrected chi connectivity index (χ4v) is 4.46. The van der Waals surface area contributed by atoms with Gasteiger partial charge in [0.1, 0.15) is 21.4 Å². The lowest BCUT2D eigenvalue weighted by Gasteiger charge is -2.22. The van der Waals surface area contributed by atoms with E-state index in [1.54, 1.807) is 24.3 Å². The van der Waals surface area contributed by atoms with Crippen molar-refractivity contribution in [2.24, 2.45) is 16.7 Å². The number of allylic oxidation sites excluding steroid dienone is 1. The molecule has 0 spiro atoms. The van der Waals surface area contributed by atoms with Gasteiger partial charge in [0.2, 0.25) is 0 Å². The number of halogens is 2. The van der Waals surface area contributed by atoms with Gasteiger partial charge in [-0.1, -0.05) is 67.4 Å². The molecule has 1 saturated carbocycles. The Bertz CT molecular complexity index is 961. The fraction of sp³-hybridized carbons (Fsp3) is 0.273. The van der Waals surface area contributed by atoms with E-state index in [1.165, 1.54) is 6.08 Å². The summed E-state index contributed by atoms with van der Waals surface area (Å²) in [6.07, 6.45) is 1.52. The average molecular weight is 416 g/mol. The molecule has 0 aromatic heterocycles. The second kappa shape index (κ2) is 7.50. The molecule has 0 aliphatic heterocycles. The molecule has 0 saturated heterocycles. The van der Waals surface area contributed by atoms with Gasteiger partial charge in [-0.3, -0.25) is 4.79 Å². The van der Waals surface area contributed by atoms with E-state index in [-0.39, 0.29) is 4.49 Å². The smallest absolute Gasteiger partial charge is 0.312 e. The minimum atomic E-state index is -1.33. The van der Waals surface area contributed by atoms with E-state index < -0.39 is 28.6 Å². The number of hydrogen-bond donors (Lipinski definition) is 1. The van der Waals surface area contributed by atoms with E-state index in [1.807, 2.05) is 44.2 Å². The van der Waals surface area contributed by atoms with Gasteiger partial charge in [-0.25, -0.2) is 0 Å². The molecule has 1 N–H and O–H groups in total. The Balaban J connectivity index is 2.01. The fourth-order valence-electron chi connectivity index (χ4n) is 4.21. The predicted octanol–water partition coefficient (Wildman–Crippen LogP) is 6.13. The van der Waals surface area contributed by atoms with Crippen LogP contribution < -0.4 is 4.74 Å². The molecule has 1 aliphatic carbocycles. The highest BCUT2D eigenvalue weighted by atomic mass is 35.5. The summed E-state index contributed by atoms with van der Waals surface area (Å²) >= 11 is 11.6. The Morgan fingerprint density at radius 3 is 2.39 bits per heavy atom. The first-order chi connectivity index (χ1) is 13.2. The first-order valence-electron chi connectivity index (χ1n) is 8.73. The van der Waals surface area contributed by atoms with E-state index in [9.17, 15) is 15.2 Å². The van der Waals surface area contributed by atoms with Crippen LogP contribution in [0.2, 0.25) is 0 Å². The van der Waals surface area contributed by atoms with Crippen LogP contribution >= 0.6 is 23.2 Å². The third kappa shape index (κ3) is 3.26. The molecule has 144 valence electrons. The summed E-state index contributed by atoms with van der Waals surface area (Å²) in [5.74, 6) is -1.22.